The van der Waals surface area contributed by atoms with Crippen molar-refractivity contribution in [2.45, 2.75) is 0 Å². The van der Waals surface area contributed by atoms with Crippen molar-refractivity contribution < 1.29 is 18.3 Å². The number of ether oxygens (including phenoxy) is 1. The van der Waals surface area contributed by atoms with Crippen molar-refractivity contribution in [2.24, 2.45) is 0 Å². The number of ketones is 1. The van der Waals surface area contributed by atoms with Crippen LogP contribution in [-0.2, 0) is 0 Å². The molecule has 2 N–H and O–H groups in total. The number of nitrogen functional groups attached to an aromatic ring is 1. The van der Waals surface area contributed by atoms with E-state index in [1.54, 1.807) is 0 Å². The monoisotopic (exact) mass is 263 g/mol. The molecule has 0 saturated heterocycles. The lowest BCUT2D eigenvalue weighted by atomic mass is 10.0. The van der Waals surface area contributed by atoms with Crippen LogP contribution < -0.4 is 10.5 Å². The summed E-state index contributed by atoms with van der Waals surface area (Å²) in [5.41, 5.74) is 5.76. The molecule has 2 aromatic carbocycles. The number of carbonyl (C=O) groups excluding carboxylic acids is 1. The van der Waals surface area contributed by atoms with Gasteiger partial charge < -0.3 is 10.5 Å². The highest BCUT2D eigenvalue weighted by atomic mass is 19.1. The Morgan fingerprint density at radius 3 is 2.53 bits per heavy atom. The van der Waals surface area contributed by atoms with Gasteiger partial charge in [0.2, 0.25) is 0 Å². The van der Waals surface area contributed by atoms with Crippen LogP contribution in [0.3, 0.4) is 0 Å². The van der Waals surface area contributed by atoms with Gasteiger partial charge in [-0.2, -0.15) is 0 Å². The quantitative estimate of drug-likeness (QED) is 0.684. The number of benzene rings is 2. The van der Waals surface area contributed by atoms with Crippen LogP contribution in [0.2, 0.25) is 0 Å². The molecule has 98 valence electrons. The second kappa shape index (κ2) is 5.06. The van der Waals surface area contributed by atoms with Crippen molar-refractivity contribution in [1.82, 2.24) is 0 Å². The minimum atomic E-state index is -0.787. The molecular formula is C14H11F2NO2. The summed E-state index contributed by atoms with van der Waals surface area (Å²) in [5.74, 6) is -1.91. The molecule has 5 heteroatoms. The second-order valence-electron chi connectivity index (χ2n) is 3.91. The van der Waals surface area contributed by atoms with E-state index in [-0.39, 0.29) is 16.9 Å². The minimum Gasteiger partial charge on any atom is -0.496 e. The molecule has 0 unspecified atom stereocenters. The standard InChI is InChI=1S/C14H11F2NO2/c1-19-13-7-9(17)3-4-10(13)14(18)11-6-8(15)2-5-12(11)16/h2-7H,17H2,1H3. The van der Waals surface area contributed by atoms with E-state index < -0.39 is 17.4 Å². The van der Waals surface area contributed by atoms with Crippen molar-refractivity contribution in [3.8, 4) is 5.75 Å². The third-order valence-electron chi connectivity index (χ3n) is 2.64. The number of carbonyl (C=O) groups is 1. The third-order valence-corrected chi connectivity index (χ3v) is 2.64. The highest BCUT2D eigenvalue weighted by Crippen LogP contribution is 2.25. The number of nitrogens with two attached hydrogens (primary N) is 1. The third kappa shape index (κ3) is 2.54. The van der Waals surface area contributed by atoms with Crippen molar-refractivity contribution in [2.75, 3.05) is 12.8 Å². The predicted octanol–water partition coefficient (Wildman–Crippen LogP) is 2.79. The maximum absolute atomic E-state index is 13.6. The average molecular weight is 263 g/mol. The van der Waals surface area contributed by atoms with Gasteiger partial charge in [0, 0.05) is 11.8 Å². The first-order chi connectivity index (χ1) is 9.02. The molecule has 0 aliphatic heterocycles. The largest absolute Gasteiger partial charge is 0.496 e. The van der Waals surface area contributed by atoms with E-state index in [1.807, 2.05) is 0 Å². The van der Waals surface area contributed by atoms with E-state index in [0.717, 1.165) is 18.2 Å². The first-order valence-corrected chi connectivity index (χ1v) is 5.46. The Bertz CT molecular complexity index is 641. The first kappa shape index (κ1) is 13.0. The number of hydrogen-bond acceptors (Lipinski definition) is 3. The smallest absolute Gasteiger partial charge is 0.199 e. The Morgan fingerprint density at radius 2 is 1.84 bits per heavy atom. The van der Waals surface area contributed by atoms with Gasteiger partial charge in [0.25, 0.3) is 0 Å². The molecule has 0 heterocycles. The Morgan fingerprint density at radius 1 is 1.11 bits per heavy atom. The van der Waals surface area contributed by atoms with Crippen molar-refractivity contribution >= 4 is 11.5 Å². The molecule has 0 atom stereocenters. The molecular weight excluding hydrogens is 252 g/mol. The van der Waals surface area contributed by atoms with Crippen LogP contribution in [0.4, 0.5) is 14.5 Å². The average Bonchev–Trinajstić information content (AvgIpc) is 2.40. The number of halogens is 2. The van der Waals surface area contributed by atoms with Crippen LogP contribution in [0.15, 0.2) is 36.4 Å². The van der Waals surface area contributed by atoms with E-state index in [4.69, 9.17) is 10.5 Å². The van der Waals surface area contributed by atoms with E-state index in [1.165, 1.54) is 25.3 Å². The summed E-state index contributed by atoms with van der Waals surface area (Å²) in [6.45, 7) is 0. The molecule has 0 amide bonds. The zero-order valence-electron chi connectivity index (χ0n) is 10.1. The SMILES string of the molecule is COc1cc(N)ccc1C(=O)c1cc(F)ccc1F. The van der Waals surface area contributed by atoms with Crippen LogP contribution >= 0.6 is 0 Å². The van der Waals surface area contributed by atoms with Crippen LogP contribution in [0.25, 0.3) is 0 Å². The van der Waals surface area contributed by atoms with Crippen LogP contribution in [-0.4, -0.2) is 12.9 Å². The Labute approximate surface area is 108 Å². The fourth-order valence-corrected chi connectivity index (χ4v) is 1.71. The van der Waals surface area contributed by atoms with Gasteiger partial charge in [0.05, 0.1) is 18.2 Å². The highest BCUT2D eigenvalue weighted by molar-refractivity contribution is 6.11. The van der Waals surface area contributed by atoms with E-state index in [0.29, 0.717) is 5.69 Å². The highest BCUT2D eigenvalue weighted by Gasteiger charge is 2.18. The summed E-state index contributed by atoms with van der Waals surface area (Å²) >= 11 is 0. The summed E-state index contributed by atoms with van der Waals surface area (Å²) < 4.78 is 31.7. The van der Waals surface area contributed by atoms with Crippen molar-refractivity contribution in [3.63, 3.8) is 0 Å². The van der Waals surface area contributed by atoms with Gasteiger partial charge in [-0.1, -0.05) is 0 Å². The second-order valence-corrected chi connectivity index (χ2v) is 3.91. The number of hydrogen-bond donors (Lipinski definition) is 1. The van der Waals surface area contributed by atoms with E-state index >= 15 is 0 Å². The fraction of sp³-hybridized carbons (Fsp3) is 0.0714. The molecule has 0 saturated carbocycles. The number of anilines is 1. The van der Waals surface area contributed by atoms with E-state index in [2.05, 4.69) is 0 Å². The molecule has 2 aromatic rings. The molecule has 0 aromatic heterocycles. The molecule has 0 spiro atoms. The van der Waals surface area contributed by atoms with Crippen molar-refractivity contribution in [1.29, 1.82) is 0 Å². The lowest BCUT2D eigenvalue weighted by molar-refractivity contribution is 0.103. The molecule has 2 rings (SSSR count). The first-order valence-electron chi connectivity index (χ1n) is 5.46. The maximum atomic E-state index is 13.6. The van der Waals surface area contributed by atoms with Gasteiger partial charge in [-0.3, -0.25) is 4.79 Å². The zero-order valence-corrected chi connectivity index (χ0v) is 10.1. The minimum absolute atomic E-state index is 0.126. The zero-order chi connectivity index (χ0) is 14.0. The fourth-order valence-electron chi connectivity index (χ4n) is 1.71. The summed E-state index contributed by atoms with van der Waals surface area (Å²) in [5, 5.41) is 0. The molecule has 3 nitrogen and oxygen atoms in total. The van der Waals surface area contributed by atoms with Crippen molar-refractivity contribution in [3.05, 3.63) is 59.2 Å². The van der Waals surface area contributed by atoms with Gasteiger partial charge in [0.1, 0.15) is 17.4 Å². The number of methoxy groups -OCH3 is 1. The topological polar surface area (TPSA) is 52.3 Å². The molecule has 19 heavy (non-hydrogen) atoms. The van der Waals surface area contributed by atoms with Crippen LogP contribution in [0.5, 0.6) is 5.75 Å². The predicted molar refractivity (Wildman–Crippen MR) is 67.2 cm³/mol. The molecule has 0 aliphatic carbocycles. The van der Waals surface area contributed by atoms with Crippen LogP contribution in [0, 0.1) is 11.6 Å². The molecule has 0 fully saturated rings. The van der Waals surface area contributed by atoms with Gasteiger partial charge in [-0.25, -0.2) is 8.78 Å². The van der Waals surface area contributed by atoms with Gasteiger partial charge >= 0.3 is 0 Å². The van der Waals surface area contributed by atoms with Gasteiger partial charge in [0.15, 0.2) is 5.78 Å². The number of rotatable bonds is 3. The lowest BCUT2D eigenvalue weighted by Crippen LogP contribution is -2.07. The molecule has 0 radical (unpaired) electrons. The van der Waals surface area contributed by atoms with Gasteiger partial charge in [-0.05, 0) is 30.3 Å². The molecule has 0 aliphatic rings. The normalized spacial score (nSPS) is 10.3. The van der Waals surface area contributed by atoms with Gasteiger partial charge in [-0.15, -0.1) is 0 Å². The Kier molecular flexibility index (Phi) is 3.46. The van der Waals surface area contributed by atoms with Crippen LogP contribution in [0.1, 0.15) is 15.9 Å². The lowest BCUT2D eigenvalue weighted by Gasteiger charge is -2.09. The maximum Gasteiger partial charge on any atom is 0.199 e. The summed E-state index contributed by atoms with van der Waals surface area (Å²) in [6.07, 6.45) is 0. The Hall–Kier alpha value is -2.43. The summed E-state index contributed by atoms with van der Waals surface area (Å²) in [7, 11) is 1.37. The molecule has 0 bridgehead atoms. The van der Waals surface area contributed by atoms with E-state index in [9.17, 15) is 13.6 Å². The summed E-state index contributed by atoms with van der Waals surface area (Å²) in [6, 6.07) is 7.07. The Balaban J connectivity index is 2.53. The summed E-state index contributed by atoms with van der Waals surface area (Å²) in [4.78, 5) is 12.2.